The van der Waals surface area contributed by atoms with Crippen LogP contribution in [-0.4, -0.2) is 60.2 Å². The van der Waals surface area contributed by atoms with Gasteiger partial charge in [0.15, 0.2) is 11.6 Å². The molecule has 1 amide bonds. The number of piperidine rings is 1. The molecule has 10 nitrogen and oxygen atoms in total. The number of anilines is 2. The van der Waals surface area contributed by atoms with Gasteiger partial charge in [0, 0.05) is 24.0 Å². The molecule has 0 atom stereocenters. The van der Waals surface area contributed by atoms with Gasteiger partial charge in [0.25, 0.3) is 0 Å². The normalized spacial score (nSPS) is 14.4. The van der Waals surface area contributed by atoms with Crippen LogP contribution in [0.5, 0.6) is 0 Å². The number of rotatable bonds is 7. The zero-order chi connectivity index (χ0) is 27.6. The topological polar surface area (TPSA) is 120 Å². The third kappa shape index (κ3) is 5.08. The number of likely N-dealkylation sites (tertiary alicyclic amines) is 1. The number of benzene rings is 2. The zero-order valence-corrected chi connectivity index (χ0v) is 22.4. The van der Waals surface area contributed by atoms with Crippen LogP contribution in [-0.2, 0) is 11.3 Å². The van der Waals surface area contributed by atoms with E-state index in [0.29, 0.717) is 41.3 Å². The average Bonchev–Trinajstić information content (AvgIpc) is 3.60. The van der Waals surface area contributed by atoms with Gasteiger partial charge < -0.3 is 20.5 Å². The molecule has 3 N–H and O–H groups in total. The highest BCUT2D eigenvalue weighted by Gasteiger charge is 2.21. The molecule has 202 valence electrons. The molecule has 0 radical (unpaired) electrons. The van der Waals surface area contributed by atoms with Gasteiger partial charge in [0.1, 0.15) is 5.69 Å². The summed E-state index contributed by atoms with van der Waals surface area (Å²) in [4.78, 5) is 28.5. The minimum absolute atomic E-state index is 0.259. The monoisotopic (exact) mass is 533 g/mol. The molecule has 1 saturated heterocycles. The lowest BCUT2D eigenvalue weighted by atomic mass is 10.1. The maximum absolute atomic E-state index is 11.8. The molecule has 0 bridgehead atoms. The summed E-state index contributed by atoms with van der Waals surface area (Å²) in [5.74, 6) is 0.663. The summed E-state index contributed by atoms with van der Waals surface area (Å²) in [5.41, 5.74) is 11.9. The van der Waals surface area contributed by atoms with Gasteiger partial charge in [-0.3, -0.25) is 9.48 Å². The van der Waals surface area contributed by atoms with Gasteiger partial charge in [-0.15, -0.1) is 0 Å². The maximum Gasteiger partial charge on any atom is 0.247 e. The van der Waals surface area contributed by atoms with Gasteiger partial charge in [0.05, 0.1) is 35.2 Å². The Labute approximate surface area is 232 Å². The first-order valence-corrected chi connectivity index (χ1v) is 13.3. The molecule has 40 heavy (non-hydrogen) atoms. The van der Waals surface area contributed by atoms with Crippen molar-refractivity contribution in [3.63, 3.8) is 0 Å². The largest absolute Gasteiger partial charge is 0.382 e. The molecule has 0 unspecified atom stereocenters. The minimum atomic E-state index is -0.259. The van der Waals surface area contributed by atoms with E-state index in [1.807, 2.05) is 65.6 Å². The van der Waals surface area contributed by atoms with Crippen molar-refractivity contribution < 1.29 is 4.79 Å². The highest BCUT2D eigenvalue weighted by molar-refractivity contribution is 5.98. The molecular weight excluding hydrogens is 502 g/mol. The van der Waals surface area contributed by atoms with Gasteiger partial charge in [0.2, 0.25) is 5.91 Å². The summed E-state index contributed by atoms with van der Waals surface area (Å²) in [5, 5.41) is 7.47. The Balaban J connectivity index is 1.37. The van der Waals surface area contributed by atoms with E-state index in [0.717, 1.165) is 48.1 Å². The van der Waals surface area contributed by atoms with Crippen molar-refractivity contribution in [1.29, 1.82) is 0 Å². The molecule has 3 aromatic heterocycles. The number of imidazole rings is 1. The predicted octanol–water partition coefficient (Wildman–Crippen LogP) is 4.38. The van der Waals surface area contributed by atoms with Crippen LogP contribution in [0.15, 0.2) is 79.8 Å². The molecule has 4 heterocycles. The van der Waals surface area contributed by atoms with Crippen LogP contribution in [0, 0.1) is 0 Å². The number of hydrogen-bond acceptors (Lipinski definition) is 7. The van der Waals surface area contributed by atoms with Crippen LogP contribution in [0.1, 0.15) is 24.4 Å². The lowest BCUT2D eigenvalue weighted by molar-refractivity contribution is -0.111. The van der Waals surface area contributed by atoms with Crippen LogP contribution in [0.25, 0.3) is 33.8 Å². The van der Waals surface area contributed by atoms with Crippen LogP contribution < -0.4 is 11.1 Å². The first kappa shape index (κ1) is 25.4. The summed E-state index contributed by atoms with van der Waals surface area (Å²) in [6, 6.07) is 16.0. The van der Waals surface area contributed by atoms with E-state index in [9.17, 15) is 4.79 Å². The second kappa shape index (κ2) is 10.7. The summed E-state index contributed by atoms with van der Waals surface area (Å²) in [6.07, 6.45) is 8.96. The molecular formula is C30H31N9O. The zero-order valence-electron chi connectivity index (χ0n) is 22.4. The molecule has 1 aliphatic rings. The third-order valence-electron chi connectivity index (χ3n) is 7.35. The maximum atomic E-state index is 11.8. The van der Waals surface area contributed by atoms with E-state index in [1.54, 1.807) is 6.20 Å². The van der Waals surface area contributed by atoms with Gasteiger partial charge in [-0.2, -0.15) is 5.10 Å². The Morgan fingerprint density at radius 2 is 1.95 bits per heavy atom. The molecule has 1 aliphatic heterocycles. The van der Waals surface area contributed by atoms with Crippen LogP contribution in [0.3, 0.4) is 0 Å². The second-order valence-electron chi connectivity index (χ2n) is 10.1. The fourth-order valence-electron chi connectivity index (χ4n) is 5.17. The van der Waals surface area contributed by atoms with Crippen molar-refractivity contribution in [3.8, 4) is 22.8 Å². The average molecular weight is 534 g/mol. The number of nitrogens with two attached hydrogens (primary N) is 1. The summed E-state index contributed by atoms with van der Waals surface area (Å²) in [7, 11) is 2.15. The van der Waals surface area contributed by atoms with Crippen LogP contribution >= 0.6 is 0 Å². The Bertz CT molecular complexity index is 1690. The standard InChI is InChI=1S/C30H31N9O/c1-3-27(40)34-22-8-6-7-20(15-22)18-38-26-10-5-4-9-24(26)36-30(38)28-29(31)32-17-25(35-28)21-16-33-39(19-21)23-11-13-37(2)14-12-23/h3-10,15-17,19,23H,1,11-14,18H2,2H3,(H2,31,32)(H,34,40). The molecule has 5 aromatic rings. The van der Waals surface area contributed by atoms with E-state index >= 15 is 0 Å². The minimum Gasteiger partial charge on any atom is -0.382 e. The van der Waals surface area contributed by atoms with Crippen molar-refractivity contribution >= 4 is 28.4 Å². The van der Waals surface area contributed by atoms with Crippen LogP contribution in [0.2, 0.25) is 0 Å². The Morgan fingerprint density at radius 3 is 2.77 bits per heavy atom. The van der Waals surface area contributed by atoms with Gasteiger partial charge in [-0.1, -0.05) is 30.8 Å². The van der Waals surface area contributed by atoms with Crippen molar-refractivity contribution in [2.75, 3.05) is 31.2 Å². The van der Waals surface area contributed by atoms with Gasteiger partial charge >= 0.3 is 0 Å². The SMILES string of the molecule is C=CC(=O)Nc1cccc(Cn2c(-c3nc(-c4cnn(C5CCN(C)CC5)c4)cnc3N)nc3ccccc32)c1. The first-order chi connectivity index (χ1) is 19.5. The quantitative estimate of drug-likeness (QED) is 0.298. The fraction of sp³-hybridized carbons (Fsp3) is 0.233. The fourth-order valence-corrected chi connectivity index (χ4v) is 5.17. The number of hydrogen-bond donors (Lipinski definition) is 2. The predicted molar refractivity (Wildman–Crippen MR) is 157 cm³/mol. The number of amides is 1. The van der Waals surface area contributed by atoms with Crippen molar-refractivity contribution in [1.82, 2.24) is 34.2 Å². The molecule has 2 aromatic carbocycles. The number of nitrogens with one attached hydrogen (secondary N) is 1. The van der Waals surface area contributed by atoms with E-state index in [4.69, 9.17) is 15.7 Å². The highest BCUT2D eigenvalue weighted by Crippen LogP contribution is 2.30. The summed E-state index contributed by atoms with van der Waals surface area (Å²) < 4.78 is 4.13. The Kier molecular flexibility index (Phi) is 6.83. The molecule has 1 fully saturated rings. The summed E-state index contributed by atoms with van der Waals surface area (Å²) in [6.45, 7) is 6.14. The lowest BCUT2D eigenvalue weighted by Crippen LogP contribution is -2.31. The van der Waals surface area contributed by atoms with Crippen molar-refractivity contribution in [2.24, 2.45) is 0 Å². The molecule has 10 heteroatoms. The number of carbonyl (C=O) groups is 1. The summed E-state index contributed by atoms with van der Waals surface area (Å²) >= 11 is 0. The number of nitrogen functional groups attached to an aromatic ring is 1. The lowest BCUT2D eigenvalue weighted by Gasteiger charge is -2.28. The van der Waals surface area contributed by atoms with Gasteiger partial charge in [-0.25, -0.2) is 15.0 Å². The number of para-hydroxylation sites is 2. The smallest absolute Gasteiger partial charge is 0.247 e. The second-order valence-corrected chi connectivity index (χ2v) is 10.1. The number of aromatic nitrogens is 6. The van der Waals surface area contributed by atoms with Crippen molar-refractivity contribution in [2.45, 2.75) is 25.4 Å². The van der Waals surface area contributed by atoms with E-state index < -0.39 is 0 Å². The molecule has 0 saturated carbocycles. The third-order valence-corrected chi connectivity index (χ3v) is 7.35. The Morgan fingerprint density at radius 1 is 1.12 bits per heavy atom. The molecule has 0 spiro atoms. The number of nitrogens with zero attached hydrogens (tertiary/aromatic N) is 7. The van der Waals surface area contributed by atoms with Crippen molar-refractivity contribution in [3.05, 3.63) is 85.3 Å². The Hall–Kier alpha value is -4.83. The molecule has 6 rings (SSSR count). The number of fused-ring (bicyclic) bond motifs is 1. The first-order valence-electron chi connectivity index (χ1n) is 13.3. The van der Waals surface area contributed by atoms with E-state index in [2.05, 4.69) is 38.5 Å². The van der Waals surface area contributed by atoms with E-state index in [1.165, 1.54) is 6.08 Å². The van der Waals surface area contributed by atoms with Gasteiger partial charge in [-0.05, 0) is 68.9 Å². The van der Waals surface area contributed by atoms with Crippen LogP contribution in [0.4, 0.5) is 11.5 Å². The number of carbonyl (C=O) groups excluding carboxylic acids is 1. The van der Waals surface area contributed by atoms with E-state index in [-0.39, 0.29) is 5.91 Å². The highest BCUT2D eigenvalue weighted by atomic mass is 16.1. The molecule has 0 aliphatic carbocycles.